The van der Waals surface area contributed by atoms with E-state index in [-0.39, 0.29) is 29.3 Å². The van der Waals surface area contributed by atoms with E-state index in [1.54, 1.807) is 0 Å². The summed E-state index contributed by atoms with van der Waals surface area (Å²) in [6.07, 6.45) is 5.01. The molecule has 28 heavy (non-hydrogen) atoms. The number of nitrogens with zero attached hydrogens (tertiary/aromatic N) is 1. The molecule has 3 rings (SSSR count). The zero-order chi connectivity index (χ0) is 20.5. The number of nitrogens with one attached hydrogen (secondary N) is 1. The van der Waals surface area contributed by atoms with Gasteiger partial charge in [-0.1, -0.05) is 27.7 Å². The largest absolute Gasteiger partial charge is 0.465 e. The lowest BCUT2D eigenvalue weighted by Gasteiger charge is -2.34. The summed E-state index contributed by atoms with van der Waals surface area (Å²) in [5, 5.41) is 3.38. The molecule has 1 unspecified atom stereocenters. The van der Waals surface area contributed by atoms with Crippen LogP contribution in [-0.4, -0.2) is 38.1 Å². The van der Waals surface area contributed by atoms with E-state index in [0.717, 1.165) is 55.8 Å². The molecule has 5 nitrogen and oxygen atoms in total. The summed E-state index contributed by atoms with van der Waals surface area (Å²) in [7, 11) is 1.41. The summed E-state index contributed by atoms with van der Waals surface area (Å²) in [4.78, 5) is 29.8. The maximum atomic E-state index is 13.7. The Labute approximate surface area is 172 Å². The van der Waals surface area contributed by atoms with Gasteiger partial charge in [0.25, 0.3) is 0 Å². The number of rotatable bonds is 4. The highest BCUT2D eigenvalue weighted by atomic mass is 32.1. The molecule has 1 N–H and O–H groups in total. The molecular formula is C22H34N2O3S. The maximum absolute atomic E-state index is 13.7. The van der Waals surface area contributed by atoms with E-state index in [1.165, 1.54) is 18.4 Å². The topological polar surface area (TPSA) is 58.6 Å². The van der Waals surface area contributed by atoms with Gasteiger partial charge in [0.05, 0.1) is 18.8 Å². The van der Waals surface area contributed by atoms with Gasteiger partial charge in [0.1, 0.15) is 4.88 Å². The van der Waals surface area contributed by atoms with Crippen LogP contribution in [0, 0.1) is 11.8 Å². The first-order valence-electron chi connectivity index (χ1n) is 10.5. The highest BCUT2D eigenvalue weighted by molar-refractivity contribution is 7.14. The van der Waals surface area contributed by atoms with Crippen molar-refractivity contribution in [1.82, 2.24) is 5.32 Å². The number of anilines is 1. The van der Waals surface area contributed by atoms with E-state index in [0.29, 0.717) is 10.8 Å². The van der Waals surface area contributed by atoms with Crippen LogP contribution in [0.3, 0.4) is 0 Å². The van der Waals surface area contributed by atoms with E-state index >= 15 is 0 Å². The molecule has 1 saturated heterocycles. The zero-order valence-electron chi connectivity index (χ0n) is 17.8. The minimum absolute atomic E-state index is 0.0558. The lowest BCUT2D eigenvalue weighted by Crippen LogP contribution is -2.46. The molecule has 0 spiro atoms. The number of amides is 1. The molecule has 0 radical (unpaired) electrons. The van der Waals surface area contributed by atoms with Gasteiger partial charge >= 0.3 is 5.97 Å². The lowest BCUT2D eigenvalue weighted by molar-refractivity contribution is -0.124. The number of methoxy groups -OCH3 is 1. The molecule has 1 aromatic rings. The Hall–Kier alpha value is -1.40. The molecule has 0 bridgehead atoms. The average Bonchev–Trinajstić information content (AvgIpc) is 3.32. The molecule has 156 valence electrons. The van der Waals surface area contributed by atoms with Crippen molar-refractivity contribution >= 4 is 28.9 Å². The SMILES string of the molecule is COC(=O)c1sc(C(C)(C)C)cc1N(C(=O)C1CCC(C)CC1)C1CCNC1. The lowest BCUT2D eigenvalue weighted by atomic mass is 9.82. The summed E-state index contributed by atoms with van der Waals surface area (Å²) in [6, 6.07) is 2.15. The maximum Gasteiger partial charge on any atom is 0.350 e. The summed E-state index contributed by atoms with van der Waals surface area (Å²) in [5.74, 6) is 0.589. The van der Waals surface area contributed by atoms with Crippen molar-refractivity contribution in [3.8, 4) is 0 Å². The van der Waals surface area contributed by atoms with Crippen LogP contribution in [-0.2, 0) is 14.9 Å². The van der Waals surface area contributed by atoms with Gasteiger partial charge < -0.3 is 15.0 Å². The molecule has 1 saturated carbocycles. The van der Waals surface area contributed by atoms with Crippen molar-refractivity contribution in [2.75, 3.05) is 25.1 Å². The third-order valence-electron chi connectivity index (χ3n) is 6.08. The second kappa shape index (κ2) is 8.54. The summed E-state index contributed by atoms with van der Waals surface area (Å²) >= 11 is 1.46. The molecule has 1 amide bonds. The fraction of sp³-hybridized carbons (Fsp3) is 0.727. The van der Waals surface area contributed by atoms with Gasteiger partial charge in [0.2, 0.25) is 5.91 Å². The zero-order valence-corrected chi connectivity index (χ0v) is 18.7. The molecule has 2 aliphatic rings. The fourth-order valence-corrected chi connectivity index (χ4v) is 5.35. The molecule has 1 aliphatic carbocycles. The molecule has 1 atom stereocenters. The van der Waals surface area contributed by atoms with Gasteiger partial charge in [-0.25, -0.2) is 4.79 Å². The molecular weight excluding hydrogens is 372 g/mol. The predicted molar refractivity (Wildman–Crippen MR) is 114 cm³/mol. The average molecular weight is 407 g/mol. The van der Waals surface area contributed by atoms with E-state index in [1.807, 2.05) is 4.90 Å². The Bertz CT molecular complexity index is 708. The van der Waals surface area contributed by atoms with Crippen molar-refractivity contribution in [3.05, 3.63) is 15.8 Å². The van der Waals surface area contributed by atoms with Crippen LogP contribution in [0.1, 0.15) is 74.3 Å². The van der Waals surface area contributed by atoms with Gasteiger partial charge in [-0.15, -0.1) is 11.3 Å². The first-order chi connectivity index (χ1) is 13.2. The van der Waals surface area contributed by atoms with Crippen LogP contribution in [0.4, 0.5) is 5.69 Å². The van der Waals surface area contributed by atoms with Crippen LogP contribution in [0.25, 0.3) is 0 Å². The summed E-state index contributed by atoms with van der Waals surface area (Å²) in [6.45, 7) is 10.3. The minimum Gasteiger partial charge on any atom is -0.465 e. The van der Waals surface area contributed by atoms with E-state index in [4.69, 9.17) is 4.74 Å². The second-order valence-corrected chi connectivity index (χ2v) is 10.4. The van der Waals surface area contributed by atoms with Crippen molar-refractivity contribution in [2.45, 2.75) is 71.3 Å². The van der Waals surface area contributed by atoms with Crippen LogP contribution in [0.15, 0.2) is 6.07 Å². The number of ether oxygens (including phenoxy) is 1. The smallest absolute Gasteiger partial charge is 0.350 e. The second-order valence-electron chi connectivity index (χ2n) is 9.38. The number of carbonyl (C=O) groups is 2. The monoisotopic (exact) mass is 406 g/mol. The molecule has 1 aromatic heterocycles. The van der Waals surface area contributed by atoms with E-state index < -0.39 is 0 Å². The fourth-order valence-electron chi connectivity index (χ4n) is 4.23. The number of carbonyl (C=O) groups excluding carboxylic acids is 2. The Morgan fingerprint density at radius 3 is 2.39 bits per heavy atom. The first-order valence-corrected chi connectivity index (χ1v) is 11.3. The molecule has 0 aromatic carbocycles. The van der Waals surface area contributed by atoms with Crippen molar-refractivity contribution in [2.24, 2.45) is 11.8 Å². The molecule has 2 heterocycles. The van der Waals surface area contributed by atoms with Gasteiger partial charge in [-0.2, -0.15) is 0 Å². The quantitative estimate of drug-likeness (QED) is 0.755. The van der Waals surface area contributed by atoms with E-state index in [9.17, 15) is 9.59 Å². The van der Waals surface area contributed by atoms with Crippen molar-refractivity contribution in [1.29, 1.82) is 0 Å². The van der Waals surface area contributed by atoms with Crippen LogP contribution < -0.4 is 10.2 Å². The van der Waals surface area contributed by atoms with Gasteiger partial charge in [0.15, 0.2) is 0 Å². The minimum atomic E-state index is -0.350. The van der Waals surface area contributed by atoms with Gasteiger partial charge in [0, 0.05) is 17.3 Å². The normalized spacial score (nSPS) is 25.5. The number of thiophene rings is 1. The Kier molecular flexibility index (Phi) is 6.50. The van der Waals surface area contributed by atoms with Crippen LogP contribution >= 0.6 is 11.3 Å². The van der Waals surface area contributed by atoms with Crippen LogP contribution in [0.2, 0.25) is 0 Å². The third kappa shape index (κ3) is 4.43. The number of esters is 1. The standard InChI is InChI=1S/C22H34N2O3S/c1-14-6-8-15(9-7-14)20(25)24(16-10-11-23-13-16)17-12-18(22(2,3)4)28-19(17)21(26)27-5/h12,14-16,23H,6-11,13H2,1-5H3. The highest BCUT2D eigenvalue weighted by Crippen LogP contribution is 2.40. The van der Waals surface area contributed by atoms with Gasteiger partial charge in [-0.3, -0.25) is 4.79 Å². The summed E-state index contributed by atoms with van der Waals surface area (Å²) in [5.41, 5.74) is 0.660. The van der Waals surface area contributed by atoms with Gasteiger partial charge in [-0.05, 0) is 56.0 Å². The first kappa shape index (κ1) is 21.3. The Morgan fingerprint density at radius 2 is 1.86 bits per heavy atom. The Balaban J connectivity index is 2.01. The number of hydrogen-bond acceptors (Lipinski definition) is 5. The molecule has 6 heteroatoms. The van der Waals surface area contributed by atoms with Crippen molar-refractivity contribution in [3.63, 3.8) is 0 Å². The van der Waals surface area contributed by atoms with Crippen molar-refractivity contribution < 1.29 is 14.3 Å². The Morgan fingerprint density at radius 1 is 1.18 bits per heavy atom. The summed E-state index contributed by atoms with van der Waals surface area (Å²) < 4.78 is 5.07. The predicted octanol–water partition coefficient (Wildman–Crippen LogP) is 4.35. The third-order valence-corrected chi connectivity index (χ3v) is 7.61. The van der Waals surface area contributed by atoms with Crippen LogP contribution in [0.5, 0.6) is 0 Å². The highest BCUT2D eigenvalue weighted by Gasteiger charge is 2.37. The molecule has 1 aliphatic heterocycles. The number of hydrogen-bond donors (Lipinski definition) is 1. The molecule has 2 fully saturated rings. The van der Waals surface area contributed by atoms with E-state index in [2.05, 4.69) is 39.1 Å².